The highest BCUT2D eigenvalue weighted by Gasteiger charge is 2.40. The standard InChI is InChI=1S/C19H28N2O4/c1-16-5-3-4-6-17(16)25-15-19(23-2)7-8-20(14-19)13-18(22)21-9-11-24-12-10-21/h3-6H,7-15H2,1-2H3. The number of likely N-dealkylation sites (tertiary alicyclic amines) is 1. The lowest BCUT2D eigenvalue weighted by Gasteiger charge is -2.30. The summed E-state index contributed by atoms with van der Waals surface area (Å²) in [6, 6.07) is 8.00. The Morgan fingerprint density at radius 3 is 2.72 bits per heavy atom. The van der Waals surface area contributed by atoms with Gasteiger partial charge in [0, 0.05) is 33.3 Å². The molecule has 1 atom stereocenters. The number of hydrogen-bond donors (Lipinski definition) is 0. The molecule has 1 aromatic rings. The number of ether oxygens (including phenoxy) is 3. The zero-order valence-corrected chi connectivity index (χ0v) is 15.2. The van der Waals surface area contributed by atoms with Gasteiger partial charge in [0.05, 0.1) is 19.8 Å². The van der Waals surface area contributed by atoms with Crippen molar-refractivity contribution >= 4 is 5.91 Å². The number of benzene rings is 1. The normalized spacial score (nSPS) is 24.5. The number of hydrogen-bond acceptors (Lipinski definition) is 5. The van der Waals surface area contributed by atoms with E-state index >= 15 is 0 Å². The van der Waals surface area contributed by atoms with Gasteiger partial charge in [-0.25, -0.2) is 0 Å². The van der Waals surface area contributed by atoms with Crippen LogP contribution in [0.25, 0.3) is 0 Å². The maximum Gasteiger partial charge on any atom is 0.236 e. The Kier molecular flexibility index (Phi) is 5.93. The lowest BCUT2D eigenvalue weighted by Crippen LogP contribution is -2.47. The van der Waals surface area contributed by atoms with Crippen LogP contribution in [-0.2, 0) is 14.3 Å². The summed E-state index contributed by atoms with van der Waals surface area (Å²) in [6.45, 7) is 7.20. The highest BCUT2D eigenvalue weighted by molar-refractivity contribution is 5.78. The molecule has 2 aliphatic heterocycles. The summed E-state index contributed by atoms with van der Waals surface area (Å²) in [5.41, 5.74) is 0.763. The van der Waals surface area contributed by atoms with Gasteiger partial charge in [-0.05, 0) is 25.0 Å². The molecule has 0 radical (unpaired) electrons. The number of morpholine rings is 1. The number of carbonyl (C=O) groups is 1. The molecular formula is C19H28N2O4. The third-order valence-electron chi connectivity index (χ3n) is 5.14. The van der Waals surface area contributed by atoms with Crippen LogP contribution < -0.4 is 4.74 Å². The first-order valence-electron chi connectivity index (χ1n) is 8.93. The number of aryl methyl sites for hydroxylation is 1. The Bertz CT molecular complexity index is 589. The second-order valence-electron chi connectivity index (χ2n) is 6.90. The van der Waals surface area contributed by atoms with Crippen LogP contribution in [0.1, 0.15) is 12.0 Å². The van der Waals surface area contributed by atoms with Crippen LogP contribution in [0.15, 0.2) is 24.3 Å². The Morgan fingerprint density at radius 1 is 1.24 bits per heavy atom. The average molecular weight is 348 g/mol. The van der Waals surface area contributed by atoms with E-state index in [4.69, 9.17) is 14.2 Å². The number of methoxy groups -OCH3 is 1. The zero-order valence-electron chi connectivity index (χ0n) is 15.2. The Hall–Kier alpha value is -1.63. The molecule has 6 nitrogen and oxygen atoms in total. The van der Waals surface area contributed by atoms with Crippen molar-refractivity contribution < 1.29 is 19.0 Å². The lowest BCUT2D eigenvalue weighted by atomic mass is 10.0. The lowest BCUT2D eigenvalue weighted by molar-refractivity contribution is -0.136. The average Bonchev–Trinajstić information content (AvgIpc) is 3.05. The van der Waals surface area contributed by atoms with Gasteiger partial charge < -0.3 is 19.1 Å². The summed E-state index contributed by atoms with van der Waals surface area (Å²) in [7, 11) is 1.73. The summed E-state index contributed by atoms with van der Waals surface area (Å²) in [4.78, 5) is 16.5. The van der Waals surface area contributed by atoms with Crippen molar-refractivity contribution in [2.45, 2.75) is 18.9 Å². The predicted octanol–water partition coefficient (Wildman–Crippen LogP) is 1.32. The molecule has 2 heterocycles. The summed E-state index contributed by atoms with van der Waals surface area (Å²) >= 11 is 0. The van der Waals surface area contributed by atoms with Crippen molar-refractivity contribution in [1.82, 2.24) is 9.80 Å². The molecule has 0 spiro atoms. The molecule has 0 bridgehead atoms. The van der Waals surface area contributed by atoms with Crippen molar-refractivity contribution in [3.63, 3.8) is 0 Å². The molecule has 6 heteroatoms. The summed E-state index contributed by atoms with van der Waals surface area (Å²) < 4.78 is 17.1. The van der Waals surface area contributed by atoms with Gasteiger partial charge in [-0.3, -0.25) is 9.69 Å². The molecule has 1 aromatic carbocycles. The fourth-order valence-corrected chi connectivity index (χ4v) is 3.44. The molecule has 0 saturated carbocycles. The summed E-state index contributed by atoms with van der Waals surface area (Å²) in [6.07, 6.45) is 0.867. The quantitative estimate of drug-likeness (QED) is 0.776. The third-order valence-corrected chi connectivity index (χ3v) is 5.14. The topological polar surface area (TPSA) is 51.2 Å². The maximum atomic E-state index is 12.4. The number of carbonyl (C=O) groups excluding carboxylic acids is 1. The van der Waals surface area contributed by atoms with E-state index in [0.29, 0.717) is 46.0 Å². The van der Waals surface area contributed by atoms with Gasteiger partial charge in [-0.2, -0.15) is 0 Å². The van der Waals surface area contributed by atoms with E-state index in [1.807, 2.05) is 36.1 Å². The molecule has 0 N–H and O–H groups in total. The first-order chi connectivity index (χ1) is 12.1. The van der Waals surface area contributed by atoms with Gasteiger partial charge in [0.15, 0.2) is 0 Å². The first-order valence-corrected chi connectivity index (χ1v) is 8.93. The monoisotopic (exact) mass is 348 g/mol. The van der Waals surface area contributed by atoms with Crippen molar-refractivity contribution in [3.05, 3.63) is 29.8 Å². The number of amides is 1. The van der Waals surface area contributed by atoms with E-state index in [1.54, 1.807) is 7.11 Å². The highest BCUT2D eigenvalue weighted by Crippen LogP contribution is 2.27. The minimum absolute atomic E-state index is 0.176. The van der Waals surface area contributed by atoms with E-state index in [1.165, 1.54) is 0 Å². The van der Waals surface area contributed by atoms with E-state index in [9.17, 15) is 4.79 Å². The van der Waals surface area contributed by atoms with Gasteiger partial charge in [-0.15, -0.1) is 0 Å². The van der Waals surface area contributed by atoms with Crippen LogP contribution in [0, 0.1) is 6.92 Å². The summed E-state index contributed by atoms with van der Waals surface area (Å²) in [5, 5.41) is 0. The first kappa shape index (κ1) is 18.2. The van der Waals surface area contributed by atoms with Crippen molar-refractivity contribution in [2.24, 2.45) is 0 Å². The maximum absolute atomic E-state index is 12.4. The Balaban J connectivity index is 1.53. The number of rotatable bonds is 6. The smallest absolute Gasteiger partial charge is 0.236 e. The molecule has 0 aromatic heterocycles. The fourth-order valence-electron chi connectivity index (χ4n) is 3.44. The molecule has 2 aliphatic rings. The van der Waals surface area contributed by atoms with Crippen molar-refractivity contribution in [1.29, 1.82) is 0 Å². The van der Waals surface area contributed by atoms with Crippen LogP contribution in [0.4, 0.5) is 0 Å². The highest BCUT2D eigenvalue weighted by atomic mass is 16.5. The second-order valence-corrected chi connectivity index (χ2v) is 6.90. The van der Waals surface area contributed by atoms with Crippen LogP contribution >= 0.6 is 0 Å². The van der Waals surface area contributed by atoms with Crippen LogP contribution in [0.5, 0.6) is 5.75 Å². The minimum Gasteiger partial charge on any atom is -0.490 e. The molecule has 138 valence electrons. The molecule has 25 heavy (non-hydrogen) atoms. The molecule has 3 rings (SSSR count). The van der Waals surface area contributed by atoms with Crippen LogP contribution in [0.3, 0.4) is 0 Å². The second kappa shape index (κ2) is 8.17. The molecule has 1 amide bonds. The Morgan fingerprint density at radius 2 is 2.00 bits per heavy atom. The van der Waals surface area contributed by atoms with Gasteiger partial charge in [0.1, 0.15) is 18.0 Å². The van der Waals surface area contributed by atoms with Gasteiger partial charge >= 0.3 is 0 Å². The van der Waals surface area contributed by atoms with Gasteiger partial charge in [-0.1, -0.05) is 18.2 Å². The van der Waals surface area contributed by atoms with E-state index < -0.39 is 0 Å². The van der Waals surface area contributed by atoms with E-state index in [0.717, 1.165) is 24.3 Å². The SMILES string of the molecule is COC1(COc2ccccc2C)CCN(CC(=O)N2CCOCC2)C1. The van der Waals surface area contributed by atoms with Crippen molar-refractivity contribution in [2.75, 3.05) is 59.7 Å². The molecular weight excluding hydrogens is 320 g/mol. The van der Waals surface area contributed by atoms with E-state index in [2.05, 4.69) is 4.90 Å². The largest absolute Gasteiger partial charge is 0.490 e. The zero-order chi connectivity index (χ0) is 17.7. The van der Waals surface area contributed by atoms with Gasteiger partial charge in [0.25, 0.3) is 0 Å². The molecule has 0 aliphatic carbocycles. The minimum atomic E-state index is -0.354. The van der Waals surface area contributed by atoms with Crippen LogP contribution in [0.2, 0.25) is 0 Å². The third kappa shape index (κ3) is 4.51. The van der Waals surface area contributed by atoms with Crippen molar-refractivity contribution in [3.8, 4) is 5.75 Å². The molecule has 1 unspecified atom stereocenters. The summed E-state index contributed by atoms with van der Waals surface area (Å²) in [5.74, 6) is 1.07. The van der Waals surface area contributed by atoms with Crippen LogP contribution in [-0.4, -0.2) is 81.0 Å². The Labute approximate surface area is 149 Å². The predicted molar refractivity (Wildman–Crippen MR) is 94.9 cm³/mol. The molecule has 2 fully saturated rings. The van der Waals surface area contributed by atoms with Gasteiger partial charge in [0.2, 0.25) is 5.91 Å². The molecule has 2 saturated heterocycles. The fraction of sp³-hybridized carbons (Fsp3) is 0.632. The van der Waals surface area contributed by atoms with E-state index in [-0.39, 0.29) is 11.5 Å². The number of nitrogens with zero attached hydrogens (tertiary/aromatic N) is 2. The number of para-hydroxylation sites is 1.